The SMILES string of the molecule is C/C=C\C.C=C/C=C\C(=C/C)c1ccc2c(c1)c1ccc3ccccc3c1n2-c1ccc(-c2ccc(-c3ccc(N4CCc5ccccc54)cc3)cc2)cc1.CS. The number of benzene rings is 7. The first-order valence-electron chi connectivity index (χ1n) is 19.7. The van der Waals surface area contributed by atoms with Gasteiger partial charge in [0.15, 0.2) is 0 Å². The van der Waals surface area contributed by atoms with Crippen LogP contribution < -0.4 is 4.90 Å². The first kappa shape index (κ1) is 39.0. The number of nitrogens with zero attached hydrogens (tertiary/aromatic N) is 2. The van der Waals surface area contributed by atoms with E-state index in [0.717, 1.165) is 18.7 Å². The molecule has 0 radical (unpaired) electrons. The van der Waals surface area contributed by atoms with E-state index in [0.29, 0.717) is 0 Å². The fourth-order valence-corrected chi connectivity index (χ4v) is 7.86. The number of allylic oxidation sites excluding steroid dienone is 7. The van der Waals surface area contributed by atoms with Crippen LogP contribution >= 0.6 is 12.6 Å². The minimum atomic E-state index is 1.03. The quantitative estimate of drug-likeness (QED) is 0.0967. The van der Waals surface area contributed by atoms with Crippen LogP contribution in [0.25, 0.3) is 66.1 Å². The van der Waals surface area contributed by atoms with E-state index in [2.05, 4.69) is 199 Å². The number of para-hydroxylation sites is 1. The maximum Gasteiger partial charge on any atom is 0.0619 e. The summed E-state index contributed by atoms with van der Waals surface area (Å²) in [6.07, 6.45) is 14.9. The van der Waals surface area contributed by atoms with Gasteiger partial charge >= 0.3 is 0 Å². The molecule has 0 saturated carbocycles. The van der Waals surface area contributed by atoms with Gasteiger partial charge in [-0.1, -0.05) is 152 Å². The van der Waals surface area contributed by atoms with Crippen LogP contribution in [0.2, 0.25) is 0 Å². The molecule has 0 aliphatic carbocycles. The Labute approximate surface area is 343 Å². The van der Waals surface area contributed by atoms with Gasteiger partial charge in [0.05, 0.1) is 11.0 Å². The molecule has 0 spiro atoms. The maximum absolute atomic E-state index is 3.86. The zero-order valence-electron chi connectivity index (χ0n) is 33.4. The highest BCUT2D eigenvalue weighted by Crippen LogP contribution is 2.39. The Kier molecular flexibility index (Phi) is 12.4. The fourth-order valence-electron chi connectivity index (χ4n) is 7.86. The summed E-state index contributed by atoms with van der Waals surface area (Å²) in [4.78, 5) is 2.42. The van der Waals surface area contributed by atoms with Crippen LogP contribution in [0.1, 0.15) is 31.9 Å². The number of fused-ring (bicyclic) bond motifs is 6. The van der Waals surface area contributed by atoms with E-state index in [-0.39, 0.29) is 0 Å². The molecule has 0 fully saturated rings. The Morgan fingerprint density at radius 2 is 1.19 bits per heavy atom. The zero-order valence-corrected chi connectivity index (χ0v) is 34.3. The molecule has 0 amide bonds. The lowest BCUT2D eigenvalue weighted by Gasteiger charge is -2.20. The van der Waals surface area contributed by atoms with Crippen LogP contribution in [0.15, 0.2) is 195 Å². The molecule has 1 aromatic heterocycles. The fraction of sp³-hybridized carbons (Fsp3) is 0.111. The Bertz CT molecular complexity index is 2720. The molecule has 0 saturated heterocycles. The molecular formula is C54H50N2S. The second-order valence-electron chi connectivity index (χ2n) is 14.0. The molecule has 0 unspecified atom stereocenters. The van der Waals surface area contributed by atoms with Crippen LogP contribution in [-0.2, 0) is 6.42 Å². The van der Waals surface area contributed by atoms with Gasteiger partial charge in [-0.25, -0.2) is 0 Å². The van der Waals surface area contributed by atoms with Gasteiger partial charge in [0.2, 0.25) is 0 Å². The van der Waals surface area contributed by atoms with Crippen molar-refractivity contribution in [2.45, 2.75) is 27.2 Å². The van der Waals surface area contributed by atoms with E-state index in [4.69, 9.17) is 0 Å². The molecule has 8 aromatic rings. The lowest BCUT2D eigenvalue weighted by Crippen LogP contribution is -2.12. The number of hydrogen-bond acceptors (Lipinski definition) is 2. The summed E-state index contributed by atoms with van der Waals surface area (Å²) < 4.78 is 2.43. The number of aromatic nitrogens is 1. The summed E-state index contributed by atoms with van der Waals surface area (Å²) in [6, 6.07) is 55.8. The predicted molar refractivity (Wildman–Crippen MR) is 255 cm³/mol. The number of hydrogen-bond donors (Lipinski definition) is 1. The van der Waals surface area contributed by atoms with Crippen molar-refractivity contribution >= 4 is 62.2 Å². The van der Waals surface area contributed by atoms with Crippen molar-refractivity contribution in [3.05, 3.63) is 206 Å². The molecule has 1 aliphatic rings. The van der Waals surface area contributed by atoms with Gasteiger partial charge in [-0.15, -0.1) is 0 Å². The molecule has 1 aliphatic heterocycles. The summed E-state index contributed by atoms with van der Waals surface area (Å²) in [5.41, 5.74) is 14.8. The maximum atomic E-state index is 3.86. The van der Waals surface area contributed by atoms with Gasteiger partial charge in [-0.05, 0) is 120 Å². The highest BCUT2D eigenvalue weighted by atomic mass is 32.1. The summed E-state index contributed by atoms with van der Waals surface area (Å²) >= 11 is 3.53. The van der Waals surface area contributed by atoms with Crippen molar-refractivity contribution < 1.29 is 0 Å². The molecule has 7 aromatic carbocycles. The van der Waals surface area contributed by atoms with Crippen molar-refractivity contribution in [3.8, 4) is 27.9 Å². The summed E-state index contributed by atoms with van der Waals surface area (Å²) in [6.45, 7) is 11.0. The first-order valence-corrected chi connectivity index (χ1v) is 20.6. The van der Waals surface area contributed by atoms with Gasteiger partial charge in [-0.2, -0.15) is 12.6 Å². The average molecular weight is 759 g/mol. The Hall–Kier alpha value is -6.29. The third-order valence-electron chi connectivity index (χ3n) is 10.8. The summed E-state index contributed by atoms with van der Waals surface area (Å²) in [7, 11) is 0. The molecule has 0 atom stereocenters. The van der Waals surface area contributed by atoms with E-state index in [9.17, 15) is 0 Å². The lowest BCUT2D eigenvalue weighted by molar-refractivity contribution is 0.998. The highest BCUT2D eigenvalue weighted by Gasteiger charge is 2.20. The third kappa shape index (κ3) is 7.90. The number of rotatable bonds is 7. The molecule has 2 heterocycles. The average Bonchev–Trinajstić information content (AvgIpc) is 3.87. The minimum Gasteiger partial charge on any atom is -0.341 e. The van der Waals surface area contributed by atoms with E-state index in [1.807, 2.05) is 38.2 Å². The van der Waals surface area contributed by atoms with Crippen LogP contribution in [0.5, 0.6) is 0 Å². The Balaban J connectivity index is 0.000000780. The van der Waals surface area contributed by atoms with Crippen molar-refractivity contribution in [3.63, 3.8) is 0 Å². The second kappa shape index (κ2) is 18.1. The van der Waals surface area contributed by atoms with Crippen molar-refractivity contribution in [1.29, 1.82) is 0 Å². The molecule has 9 rings (SSSR count). The van der Waals surface area contributed by atoms with Crippen LogP contribution in [0, 0.1) is 0 Å². The van der Waals surface area contributed by atoms with Gasteiger partial charge < -0.3 is 9.47 Å². The monoisotopic (exact) mass is 758 g/mol. The van der Waals surface area contributed by atoms with Crippen molar-refractivity contribution in [2.75, 3.05) is 17.7 Å². The van der Waals surface area contributed by atoms with E-state index < -0.39 is 0 Å². The molecular weight excluding hydrogens is 709 g/mol. The molecule has 3 heteroatoms. The van der Waals surface area contributed by atoms with Crippen molar-refractivity contribution in [2.24, 2.45) is 0 Å². The normalized spacial score (nSPS) is 12.5. The van der Waals surface area contributed by atoms with Gasteiger partial charge in [-0.3, -0.25) is 0 Å². The summed E-state index contributed by atoms with van der Waals surface area (Å²) in [5, 5.41) is 5.00. The van der Waals surface area contributed by atoms with Gasteiger partial charge in [0.1, 0.15) is 0 Å². The molecule has 0 N–H and O–H groups in total. The lowest BCUT2D eigenvalue weighted by atomic mass is 10.00. The minimum absolute atomic E-state index is 1.03. The van der Waals surface area contributed by atoms with Gasteiger partial charge in [0, 0.05) is 39.8 Å². The predicted octanol–water partition coefficient (Wildman–Crippen LogP) is 15.2. The van der Waals surface area contributed by atoms with Gasteiger partial charge in [0.25, 0.3) is 0 Å². The summed E-state index contributed by atoms with van der Waals surface area (Å²) in [5.74, 6) is 0. The van der Waals surface area contributed by atoms with Crippen LogP contribution in [0.3, 0.4) is 0 Å². The van der Waals surface area contributed by atoms with Crippen LogP contribution in [-0.4, -0.2) is 17.4 Å². The largest absolute Gasteiger partial charge is 0.341 e. The van der Waals surface area contributed by atoms with Crippen molar-refractivity contribution in [1.82, 2.24) is 4.57 Å². The zero-order chi connectivity index (χ0) is 39.7. The highest BCUT2D eigenvalue weighted by molar-refractivity contribution is 7.79. The number of thiol groups is 1. The smallest absolute Gasteiger partial charge is 0.0619 e. The van der Waals surface area contributed by atoms with E-state index >= 15 is 0 Å². The van der Waals surface area contributed by atoms with E-state index in [1.165, 1.54) is 82.9 Å². The van der Waals surface area contributed by atoms with Crippen LogP contribution in [0.4, 0.5) is 11.4 Å². The topological polar surface area (TPSA) is 8.17 Å². The molecule has 57 heavy (non-hydrogen) atoms. The molecule has 2 nitrogen and oxygen atoms in total. The van der Waals surface area contributed by atoms with E-state index in [1.54, 1.807) is 6.26 Å². The Morgan fingerprint density at radius 3 is 1.82 bits per heavy atom. The molecule has 0 bridgehead atoms. The first-order chi connectivity index (χ1) is 28.1. The number of anilines is 2. The second-order valence-corrected chi connectivity index (χ2v) is 14.0. The Morgan fingerprint density at radius 1 is 0.596 bits per heavy atom. The standard InChI is InChI=1S/C49H38N2.C4H8.CH4S/c1-3-5-10-34(4-2)41-24-30-48-46(33-41)45-29-23-39-11-6-8-13-44(39)49(45)51(48)43-27-21-38(22-28-43)36-17-15-35(16-18-36)37-19-25-42(26-20-37)50-32-31-40-12-7-9-14-47(40)50;1-3-4-2;1-2/h3-30,33H,1,31-32H2,2H3;3-4H,1-2H3;2H,1H3/b10-5-,34-4+;4-3-;. The molecule has 282 valence electrons. The third-order valence-corrected chi connectivity index (χ3v) is 10.8.